The summed E-state index contributed by atoms with van der Waals surface area (Å²) in [5.41, 5.74) is 0.533. The molecule has 1 aliphatic rings. The van der Waals surface area contributed by atoms with Crippen LogP contribution in [-0.4, -0.2) is 12.2 Å². The molecule has 0 spiro atoms. The van der Waals surface area contributed by atoms with Gasteiger partial charge < -0.3 is 5.32 Å². The van der Waals surface area contributed by atoms with Crippen molar-refractivity contribution >= 4 is 15.9 Å². The van der Waals surface area contributed by atoms with Crippen LogP contribution in [-0.2, 0) is 6.54 Å². The van der Waals surface area contributed by atoms with Crippen molar-refractivity contribution in [1.82, 2.24) is 5.32 Å². The molecule has 2 rings (SSSR count). The third-order valence-corrected chi connectivity index (χ3v) is 4.28. The molecule has 112 valence electrons. The van der Waals surface area contributed by atoms with Gasteiger partial charge in [0.2, 0.25) is 0 Å². The number of rotatable bonds is 3. The molecule has 0 amide bonds. The van der Waals surface area contributed by atoms with Gasteiger partial charge in [-0.1, -0.05) is 22.0 Å². The summed E-state index contributed by atoms with van der Waals surface area (Å²) in [6.07, 6.45) is -2.79. The molecule has 0 atom stereocenters. The van der Waals surface area contributed by atoms with Gasteiger partial charge in [-0.2, -0.15) is 13.2 Å². The van der Waals surface area contributed by atoms with E-state index >= 15 is 0 Å². The molecule has 1 fully saturated rings. The standard InChI is InChI=1S/C14H16BrF4N/c15-11-4-1-9(13(16)7-11)8-20-12-5-2-10(3-6-12)14(17,18)19/h1,4,7,10,12,20H,2-3,5-6,8H2. The molecule has 0 aliphatic heterocycles. The minimum Gasteiger partial charge on any atom is -0.310 e. The van der Waals surface area contributed by atoms with E-state index in [0.717, 1.165) is 0 Å². The van der Waals surface area contributed by atoms with Crippen LogP contribution in [0.25, 0.3) is 0 Å². The molecule has 1 N–H and O–H groups in total. The molecule has 0 saturated heterocycles. The van der Waals surface area contributed by atoms with E-state index in [1.54, 1.807) is 12.1 Å². The second-order valence-corrected chi connectivity index (χ2v) is 6.12. The van der Waals surface area contributed by atoms with E-state index in [9.17, 15) is 17.6 Å². The normalized spacial score (nSPS) is 23.9. The molecule has 1 saturated carbocycles. The minimum absolute atomic E-state index is 0.0386. The fraction of sp³-hybridized carbons (Fsp3) is 0.571. The highest BCUT2D eigenvalue weighted by atomic mass is 79.9. The van der Waals surface area contributed by atoms with Crippen molar-refractivity contribution < 1.29 is 17.6 Å². The molecule has 1 aromatic rings. The molecule has 1 nitrogen and oxygen atoms in total. The average molecular weight is 354 g/mol. The molecular weight excluding hydrogens is 338 g/mol. The maximum Gasteiger partial charge on any atom is 0.391 e. The van der Waals surface area contributed by atoms with Gasteiger partial charge in [0.05, 0.1) is 5.92 Å². The molecular formula is C14H16BrF4N. The van der Waals surface area contributed by atoms with Crippen LogP contribution >= 0.6 is 15.9 Å². The summed E-state index contributed by atoms with van der Waals surface area (Å²) < 4.78 is 51.9. The molecule has 1 aliphatic carbocycles. The van der Waals surface area contributed by atoms with Gasteiger partial charge >= 0.3 is 6.18 Å². The van der Waals surface area contributed by atoms with Gasteiger partial charge in [-0.15, -0.1) is 0 Å². The highest BCUT2D eigenvalue weighted by Crippen LogP contribution is 2.37. The van der Waals surface area contributed by atoms with Crippen molar-refractivity contribution in [2.45, 2.75) is 44.4 Å². The Kier molecular flexibility index (Phi) is 5.07. The van der Waals surface area contributed by atoms with Crippen LogP contribution in [0.3, 0.4) is 0 Å². The lowest BCUT2D eigenvalue weighted by Crippen LogP contribution is -2.36. The largest absolute Gasteiger partial charge is 0.391 e. The molecule has 0 heterocycles. The van der Waals surface area contributed by atoms with Gasteiger partial charge in [0.25, 0.3) is 0 Å². The summed E-state index contributed by atoms with van der Waals surface area (Å²) in [7, 11) is 0. The van der Waals surface area contributed by atoms with E-state index in [-0.39, 0.29) is 24.7 Å². The van der Waals surface area contributed by atoms with Crippen LogP contribution in [0.5, 0.6) is 0 Å². The van der Waals surface area contributed by atoms with Crippen molar-refractivity contribution in [3.05, 3.63) is 34.1 Å². The maximum atomic E-state index is 13.6. The predicted octanol–water partition coefficient (Wildman–Crippen LogP) is 4.80. The smallest absolute Gasteiger partial charge is 0.310 e. The summed E-state index contributed by atoms with van der Waals surface area (Å²) in [4.78, 5) is 0. The zero-order valence-corrected chi connectivity index (χ0v) is 12.4. The molecule has 0 unspecified atom stereocenters. The first kappa shape index (κ1) is 15.8. The molecule has 0 radical (unpaired) electrons. The van der Waals surface area contributed by atoms with Crippen LogP contribution in [0.4, 0.5) is 17.6 Å². The lowest BCUT2D eigenvalue weighted by atomic mass is 9.85. The summed E-state index contributed by atoms with van der Waals surface area (Å²) in [6, 6.07) is 4.85. The van der Waals surface area contributed by atoms with Crippen LogP contribution in [0.15, 0.2) is 22.7 Å². The summed E-state index contributed by atoms with van der Waals surface area (Å²) in [5.74, 6) is -1.49. The quantitative estimate of drug-likeness (QED) is 0.769. The van der Waals surface area contributed by atoms with E-state index in [0.29, 0.717) is 29.4 Å². The lowest BCUT2D eigenvalue weighted by Gasteiger charge is -2.30. The van der Waals surface area contributed by atoms with E-state index in [1.807, 2.05) is 0 Å². The van der Waals surface area contributed by atoms with Gasteiger partial charge in [-0.3, -0.25) is 0 Å². The Morgan fingerprint density at radius 2 is 1.80 bits per heavy atom. The number of hydrogen-bond donors (Lipinski definition) is 1. The number of halogens is 5. The van der Waals surface area contributed by atoms with Crippen LogP contribution in [0.2, 0.25) is 0 Å². The zero-order valence-electron chi connectivity index (χ0n) is 10.8. The molecule has 6 heteroatoms. The molecule has 0 aromatic heterocycles. The fourth-order valence-corrected chi connectivity index (χ4v) is 2.88. The number of hydrogen-bond acceptors (Lipinski definition) is 1. The van der Waals surface area contributed by atoms with Crippen molar-refractivity contribution in [2.24, 2.45) is 5.92 Å². The number of alkyl halides is 3. The monoisotopic (exact) mass is 353 g/mol. The second-order valence-electron chi connectivity index (χ2n) is 5.21. The van der Waals surface area contributed by atoms with Gasteiger partial charge in [0.1, 0.15) is 5.82 Å². The number of nitrogens with one attached hydrogen (secondary N) is 1. The Bertz CT molecular complexity index is 453. The first-order valence-corrected chi connectivity index (χ1v) is 7.39. The Balaban J connectivity index is 1.82. The Hall–Kier alpha value is -0.620. The predicted molar refractivity (Wildman–Crippen MR) is 72.7 cm³/mol. The number of benzene rings is 1. The lowest BCUT2D eigenvalue weighted by molar-refractivity contribution is -0.182. The minimum atomic E-state index is -4.08. The van der Waals surface area contributed by atoms with Crippen molar-refractivity contribution in [2.75, 3.05) is 0 Å². The van der Waals surface area contributed by atoms with Crippen LogP contribution in [0.1, 0.15) is 31.2 Å². The van der Waals surface area contributed by atoms with Crippen LogP contribution < -0.4 is 5.32 Å². The maximum absolute atomic E-state index is 13.6. The summed E-state index contributed by atoms with van der Waals surface area (Å²) >= 11 is 3.18. The Labute approximate surface area is 123 Å². The van der Waals surface area contributed by atoms with Gasteiger partial charge in [-0.25, -0.2) is 4.39 Å². The molecule has 1 aromatic carbocycles. The second kappa shape index (κ2) is 6.43. The van der Waals surface area contributed by atoms with Gasteiger partial charge in [0.15, 0.2) is 0 Å². The topological polar surface area (TPSA) is 12.0 Å². The van der Waals surface area contributed by atoms with Crippen molar-refractivity contribution in [1.29, 1.82) is 0 Å². The fourth-order valence-electron chi connectivity index (χ4n) is 2.54. The average Bonchev–Trinajstić information content (AvgIpc) is 2.37. The Morgan fingerprint density at radius 3 is 2.35 bits per heavy atom. The first-order chi connectivity index (χ1) is 9.36. The highest BCUT2D eigenvalue weighted by Gasteiger charge is 2.41. The third kappa shape index (κ3) is 4.19. The highest BCUT2D eigenvalue weighted by molar-refractivity contribution is 9.10. The van der Waals surface area contributed by atoms with Gasteiger partial charge in [0, 0.05) is 22.6 Å². The van der Waals surface area contributed by atoms with E-state index < -0.39 is 12.1 Å². The molecule has 20 heavy (non-hydrogen) atoms. The van der Waals surface area contributed by atoms with E-state index in [4.69, 9.17) is 0 Å². The van der Waals surface area contributed by atoms with E-state index in [1.165, 1.54) is 6.07 Å². The van der Waals surface area contributed by atoms with Crippen LogP contribution in [0, 0.1) is 11.7 Å². The van der Waals surface area contributed by atoms with E-state index in [2.05, 4.69) is 21.2 Å². The zero-order chi connectivity index (χ0) is 14.8. The van der Waals surface area contributed by atoms with Crippen molar-refractivity contribution in [3.63, 3.8) is 0 Å². The van der Waals surface area contributed by atoms with Crippen molar-refractivity contribution in [3.8, 4) is 0 Å². The Morgan fingerprint density at radius 1 is 1.15 bits per heavy atom. The SMILES string of the molecule is Fc1cc(Br)ccc1CNC1CCC(C(F)(F)F)CC1. The molecule has 0 bridgehead atoms. The first-order valence-electron chi connectivity index (χ1n) is 6.60. The third-order valence-electron chi connectivity index (χ3n) is 3.79. The summed E-state index contributed by atoms with van der Waals surface area (Å²) in [5, 5.41) is 3.15. The summed E-state index contributed by atoms with van der Waals surface area (Å²) in [6.45, 7) is 0.348. The van der Waals surface area contributed by atoms with Gasteiger partial charge in [-0.05, 0) is 37.8 Å².